The normalized spacial score (nSPS) is 35.1. The van der Waals surface area contributed by atoms with Gasteiger partial charge in [-0.2, -0.15) is 0 Å². The zero-order valence-electron chi connectivity index (χ0n) is 13.4. The first-order chi connectivity index (χ1) is 9.72. The van der Waals surface area contributed by atoms with Crippen molar-refractivity contribution in [2.45, 2.75) is 37.8 Å². The van der Waals surface area contributed by atoms with Gasteiger partial charge in [-0.25, -0.2) is 0 Å². The zero-order valence-corrected chi connectivity index (χ0v) is 13.4. The first-order valence-electron chi connectivity index (χ1n) is 8.57. The zero-order chi connectivity index (χ0) is 13.9. The Morgan fingerprint density at radius 1 is 0.900 bits per heavy atom. The Bertz CT molecular complexity index is 309. The second kappa shape index (κ2) is 6.73. The van der Waals surface area contributed by atoms with E-state index in [0.717, 1.165) is 12.1 Å². The molecule has 4 heteroatoms. The van der Waals surface area contributed by atoms with Gasteiger partial charge in [-0.05, 0) is 46.4 Å². The number of piperidine rings is 1. The summed E-state index contributed by atoms with van der Waals surface area (Å²) < 4.78 is 0. The molecule has 0 aromatic heterocycles. The Hall–Kier alpha value is -0.160. The molecule has 3 fully saturated rings. The predicted octanol–water partition coefficient (Wildman–Crippen LogP) is 0.792. The number of hydrogen-bond acceptors (Lipinski definition) is 4. The van der Waals surface area contributed by atoms with Crippen molar-refractivity contribution in [3.63, 3.8) is 0 Å². The summed E-state index contributed by atoms with van der Waals surface area (Å²) in [6.07, 6.45) is 5.65. The van der Waals surface area contributed by atoms with Crippen LogP contribution in [0.3, 0.4) is 0 Å². The van der Waals surface area contributed by atoms with Crippen LogP contribution < -0.4 is 0 Å². The lowest BCUT2D eigenvalue weighted by molar-refractivity contribution is 0.0390. The van der Waals surface area contributed by atoms with Gasteiger partial charge in [0.05, 0.1) is 0 Å². The molecule has 0 aromatic carbocycles. The first-order valence-corrected chi connectivity index (χ1v) is 8.57. The van der Waals surface area contributed by atoms with Crippen molar-refractivity contribution in [3.05, 3.63) is 0 Å². The smallest absolute Gasteiger partial charge is 0.0232 e. The molecular weight excluding hydrogens is 248 g/mol. The third-order valence-corrected chi connectivity index (χ3v) is 5.68. The average molecular weight is 280 g/mol. The van der Waals surface area contributed by atoms with Crippen LogP contribution in [0.15, 0.2) is 0 Å². The number of rotatable bonds is 3. The topological polar surface area (TPSA) is 13.0 Å². The molecule has 0 bridgehead atoms. The lowest BCUT2D eigenvalue weighted by Gasteiger charge is -2.45. The fourth-order valence-electron chi connectivity index (χ4n) is 4.17. The molecule has 3 saturated heterocycles. The molecule has 0 aliphatic carbocycles. The summed E-state index contributed by atoms with van der Waals surface area (Å²) in [5.41, 5.74) is 0. The maximum absolute atomic E-state index is 2.74. The molecule has 3 aliphatic heterocycles. The van der Waals surface area contributed by atoms with E-state index in [-0.39, 0.29) is 0 Å². The predicted molar refractivity (Wildman–Crippen MR) is 84.2 cm³/mol. The minimum absolute atomic E-state index is 0.762. The molecule has 3 heterocycles. The quantitative estimate of drug-likeness (QED) is 0.758. The fraction of sp³-hybridized carbons (Fsp3) is 1.00. The van der Waals surface area contributed by atoms with E-state index in [1.807, 2.05) is 0 Å². The van der Waals surface area contributed by atoms with Crippen molar-refractivity contribution in [3.8, 4) is 0 Å². The van der Waals surface area contributed by atoms with Crippen LogP contribution in [0.5, 0.6) is 0 Å². The van der Waals surface area contributed by atoms with Crippen molar-refractivity contribution in [2.24, 2.45) is 0 Å². The van der Waals surface area contributed by atoms with Crippen molar-refractivity contribution < 1.29 is 0 Å². The van der Waals surface area contributed by atoms with Crippen LogP contribution >= 0.6 is 0 Å². The molecule has 4 nitrogen and oxygen atoms in total. The molecule has 0 spiro atoms. The third kappa shape index (κ3) is 3.53. The van der Waals surface area contributed by atoms with Crippen molar-refractivity contribution in [1.82, 2.24) is 19.6 Å². The lowest BCUT2D eigenvalue weighted by Crippen LogP contribution is -2.56. The van der Waals surface area contributed by atoms with Crippen LogP contribution in [0.1, 0.15) is 25.7 Å². The van der Waals surface area contributed by atoms with E-state index in [9.17, 15) is 0 Å². The van der Waals surface area contributed by atoms with Crippen LogP contribution in [0, 0.1) is 0 Å². The van der Waals surface area contributed by atoms with Crippen LogP contribution in [0.2, 0.25) is 0 Å². The fourth-order valence-corrected chi connectivity index (χ4v) is 4.17. The number of fused-ring (bicyclic) bond motifs is 1. The third-order valence-electron chi connectivity index (χ3n) is 5.68. The summed E-state index contributed by atoms with van der Waals surface area (Å²) >= 11 is 0. The maximum Gasteiger partial charge on any atom is 0.0232 e. The summed E-state index contributed by atoms with van der Waals surface area (Å²) in [7, 11) is 4.57. The summed E-state index contributed by atoms with van der Waals surface area (Å²) in [5.74, 6) is 0. The largest absolute Gasteiger partial charge is 0.304 e. The molecule has 0 N–H and O–H groups in total. The molecule has 3 rings (SSSR count). The summed E-state index contributed by atoms with van der Waals surface area (Å²) in [4.78, 5) is 10.5. The Morgan fingerprint density at radius 2 is 1.80 bits per heavy atom. The van der Waals surface area contributed by atoms with E-state index < -0.39 is 0 Å². The van der Waals surface area contributed by atoms with Gasteiger partial charge >= 0.3 is 0 Å². The van der Waals surface area contributed by atoms with Crippen molar-refractivity contribution in [2.75, 3.05) is 66.5 Å². The molecule has 116 valence electrons. The maximum atomic E-state index is 2.74. The second-order valence-electron chi connectivity index (χ2n) is 7.17. The SMILES string of the molecule is CN1CCN(C)C(CCN2CCN3CCCCC3C2)C1. The van der Waals surface area contributed by atoms with Crippen molar-refractivity contribution >= 4 is 0 Å². The van der Waals surface area contributed by atoms with Crippen LogP contribution in [-0.2, 0) is 0 Å². The minimum Gasteiger partial charge on any atom is -0.304 e. The highest BCUT2D eigenvalue weighted by atomic mass is 15.3. The van der Waals surface area contributed by atoms with Crippen LogP contribution in [0.4, 0.5) is 0 Å². The van der Waals surface area contributed by atoms with Gasteiger partial charge < -0.3 is 14.7 Å². The molecule has 0 saturated carbocycles. The molecule has 2 atom stereocenters. The van der Waals surface area contributed by atoms with Crippen molar-refractivity contribution in [1.29, 1.82) is 0 Å². The van der Waals surface area contributed by atoms with Gasteiger partial charge in [-0.15, -0.1) is 0 Å². The van der Waals surface area contributed by atoms with Crippen LogP contribution in [-0.4, -0.2) is 98.1 Å². The summed E-state index contributed by atoms with van der Waals surface area (Å²) in [5, 5.41) is 0. The van der Waals surface area contributed by atoms with Gasteiger partial charge in [-0.1, -0.05) is 6.42 Å². The van der Waals surface area contributed by atoms with Gasteiger partial charge in [-0.3, -0.25) is 4.90 Å². The van der Waals surface area contributed by atoms with Gasteiger partial charge in [0.2, 0.25) is 0 Å². The summed E-state index contributed by atoms with van der Waals surface area (Å²) in [6.45, 7) is 10.3. The van der Waals surface area contributed by atoms with E-state index in [0.29, 0.717) is 0 Å². The molecule has 20 heavy (non-hydrogen) atoms. The molecule has 0 radical (unpaired) electrons. The van der Waals surface area contributed by atoms with E-state index in [1.165, 1.54) is 78.0 Å². The molecule has 2 unspecified atom stereocenters. The monoisotopic (exact) mass is 280 g/mol. The van der Waals surface area contributed by atoms with Gasteiger partial charge in [0.25, 0.3) is 0 Å². The molecular formula is C16H32N4. The van der Waals surface area contributed by atoms with E-state index in [1.54, 1.807) is 0 Å². The number of likely N-dealkylation sites (N-methyl/N-ethyl adjacent to an activating group) is 2. The second-order valence-corrected chi connectivity index (χ2v) is 7.17. The number of nitrogens with zero attached hydrogens (tertiary/aromatic N) is 4. The summed E-state index contributed by atoms with van der Waals surface area (Å²) in [6, 6.07) is 1.63. The lowest BCUT2D eigenvalue weighted by atomic mass is 9.99. The van der Waals surface area contributed by atoms with Crippen LogP contribution in [0.25, 0.3) is 0 Å². The van der Waals surface area contributed by atoms with Gasteiger partial charge in [0.15, 0.2) is 0 Å². The number of piperazine rings is 2. The highest BCUT2D eigenvalue weighted by Crippen LogP contribution is 2.21. The average Bonchev–Trinajstić information content (AvgIpc) is 2.48. The minimum atomic E-state index is 0.762. The Morgan fingerprint density at radius 3 is 2.70 bits per heavy atom. The Kier molecular flexibility index (Phi) is 4.97. The highest BCUT2D eigenvalue weighted by Gasteiger charge is 2.29. The Labute approximate surface area is 124 Å². The van der Waals surface area contributed by atoms with E-state index in [2.05, 4.69) is 33.7 Å². The first kappa shape index (κ1) is 14.8. The molecule has 3 aliphatic rings. The van der Waals surface area contributed by atoms with E-state index in [4.69, 9.17) is 0 Å². The Balaban J connectivity index is 1.44. The van der Waals surface area contributed by atoms with Gasteiger partial charge in [0.1, 0.15) is 0 Å². The molecule has 0 aromatic rings. The standard InChI is InChI=1S/C16H32N4/c1-17-9-10-18(2)15(13-17)6-8-19-11-12-20-7-4-3-5-16(20)14-19/h15-16H,3-14H2,1-2H3. The number of hydrogen-bond donors (Lipinski definition) is 0. The highest BCUT2D eigenvalue weighted by molar-refractivity contribution is 4.86. The molecule has 0 amide bonds. The van der Waals surface area contributed by atoms with Gasteiger partial charge in [0, 0.05) is 51.4 Å². The van der Waals surface area contributed by atoms with E-state index >= 15 is 0 Å².